The molecule has 0 heterocycles. The van der Waals surface area contributed by atoms with Crippen LogP contribution in [0.4, 0.5) is 3.89 Å². The lowest BCUT2D eigenvalue weighted by Crippen LogP contribution is -2.12. The summed E-state index contributed by atoms with van der Waals surface area (Å²) in [4.78, 5) is 0. The van der Waals surface area contributed by atoms with Crippen LogP contribution in [0.25, 0.3) is 0 Å². The summed E-state index contributed by atoms with van der Waals surface area (Å²) in [5, 5.41) is 0. The Morgan fingerprint density at radius 2 is 0.952 bits per heavy atom. The summed E-state index contributed by atoms with van der Waals surface area (Å²) in [5.41, 5.74) is 0. The minimum atomic E-state index is -3.36. The van der Waals surface area contributed by atoms with E-state index >= 15 is 0 Å². The first-order valence-corrected chi connectivity index (χ1v) is 12.1. The highest BCUT2D eigenvalue weighted by Gasteiger charge is 2.34. The summed E-state index contributed by atoms with van der Waals surface area (Å²) in [6.07, 6.45) is 17.9. The van der Waals surface area contributed by atoms with E-state index < -0.39 is 18.7 Å². The fourth-order valence-corrected chi connectivity index (χ4v) is 7.93. The van der Waals surface area contributed by atoms with Crippen molar-refractivity contribution in [1.29, 1.82) is 0 Å². The standard InChI is InChI=1S/C16H36P.FHO2S/c1-5-9-13-17(14-10-6-2,15-11-7-3)16-12-8-4;1-4(2)3/h5-16H2,1-4H3;(H,2,3)/q+1;/p-1. The fourth-order valence-electron chi connectivity index (χ4n) is 2.64. The molecule has 21 heavy (non-hydrogen) atoms. The van der Waals surface area contributed by atoms with Gasteiger partial charge in [0.25, 0.3) is 0 Å². The van der Waals surface area contributed by atoms with Crippen LogP contribution in [0.15, 0.2) is 0 Å². The third-order valence-corrected chi connectivity index (χ3v) is 9.00. The van der Waals surface area contributed by atoms with Crippen molar-refractivity contribution in [2.24, 2.45) is 0 Å². The molecule has 0 N–H and O–H groups in total. The van der Waals surface area contributed by atoms with Crippen LogP contribution in [0.1, 0.15) is 79.1 Å². The Labute approximate surface area is 135 Å². The predicted molar refractivity (Wildman–Crippen MR) is 96.0 cm³/mol. The molecule has 0 aliphatic heterocycles. The molecule has 0 radical (unpaired) electrons. The molecule has 0 amide bonds. The van der Waals surface area contributed by atoms with Crippen molar-refractivity contribution in [2.75, 3.05) is 24.6 Å². The molecular formula is C16H36FO2PS. The third kappa shape index (κ3) is 16.7. The summed E-state index contributed by atoms with van der Waals surface area (Å²) in [5.74, 6) is 0. The summed E-state index contributed by atoms with van der Waals surface area (Å²) in [7, 11) is -0.562. The quantitative estimate of drug-likeness (QED) is 0.249. The van der Waals surface area contributed by atoms with E-state index in [0.29, 0.717) is 0 Å². The van der Waals surface area contributed by atoms with E-state index in [1.54, 1.807) is 24.6 Å². The van der Waals surface area contributed by atoms with Gasteiger partial charge >= 0.3 is 0 Å². The largest absolute Gasteiger partial charge is 0.746 e. The average molecular weight is 343 g/mol. The van der Waals surface area contributed by atoms with Gasteiger partial charge in [-0.05, 0) is 25.7 Å². The fraction of sp³-hybridized carbons (Fsp3) is 1.00. The molecule has 0 aromatic carbocycles. The Kier molecular flexibility index (Phi) is 19.0. The molecule has 130 valence electrons. The minimum absolute atomic E-state index is 0.562. The zero-order valence-electron chi connectivity index (χ0n) is 14.5. The van der Waals surface area contributed by atoms with Gasteiger partial charge in [0.15, 0.2) is 0 Å². The molecule has 0 aliphatic carbocycles. The van der Waals surface area contributed by atoms with Gasteiger partial charge in [0.1, 0.15) is 11.5 Å². The smallest absolute Gasteiger partial charge is 0.132 e. The van der Waals surface area contributed by atoms with E-state index in [4.69, 9.17) is 8.76 Å². The zero-order valence-corrected chi connectivity index (χ0v) is 16.2. The number of hydrogen-bond acceptors (Lipinski definition) is 2. The molecule has 0 fully saturated rings. The van der Waals surface area contributed by atoms with E-state index in [9.17, 15) is 3.89 Å². The molecule has 1 atom stereocenters. The molecule has 0 saturated heterocycles. The number of hydrogen-bond donors (Lipinski definition) is 0. The maximum Gasteiger partial charge on any atom is 0.132 e. The van der Waals surface area contributed by atoms with Crippen LogP contribution >= 0.6 is 7.26 Å². The van der Waals surface area contributed by atoms with E-state index in [1.165, 1.54) is 51.4 Å². The molecule has 0 rings (SSSR count). The monoisotopic (exact) mass is 342 g/mol. The van der Waals surface area contributed by atoms with Crippen LogP contribution < -0.4 is 0 Å². The molecule has 5 heteroatoms. The van der Waals surface area contributed by atoms with Crippen molar-refractivity contribution < 1.29 is 12.6 Å². The lowest BCUT2D eigenvalue weighted by Gasteiger charge is -2.28. The Morgan fingerprint density at radius 3 is 1.10 bits per heavy atom. The predicted octanol–water partition coefficient (Wildman–Crippen LogP) is 5.95. The van der Waals surface area contributed by atoms with E-state index in [2.05, 4.69) is 27.7 Å². The van der Waals surface area contributed by atoms with Gasteiger partial charge in [-0.25, -0.2) is 4.21 Å². The van der Waals surface area contributed by atoms with Crippen LogP contribution in [0, 0.1) is 0 Å². The molecule has 0 spiro atoms. The molecule has 0 bridgehead atoms. The van der Waals surface area contributed by atoms with Gasteiger partial charge in [0.2, 0.25) is 0 Å². The SMILES string of the molecule is CCCC[P+](CCCC)(CCCC)CCCC.O=S([O-])F. The van der Waals surface area contributed by atoms with Crippen molar-refractivity contribution in [3.8, 4) is 0 Å². The topological polar surface area (TPSA) is 40.1 Å². The molecule has 0 aliphatic rings. The van der Waals surface area contributed by atoms with Crippen LogP contribution in [0.2, 0.25) is 0 Å². The van der Waals surface area contributed by atoms with Gasteiger partial charge in [-0.3, -0.25) is 0 Å². The highest BCUT2D eigenvalue weighted by Crippen LogP contribution is 2.61. The molecular weight excluding hydrogens is 306 g/mol. The highest BCUT2D eigenvalue weighted by molar-refractivity contribution is 7.75. The first-order valence-electron chi connectivity index (χ1n) is 8.58. The van der Waals surface area contributed by atoms with E-state index in [0.717, 1.165) is 0 Å². The van der Waals surface area contributed by atoms with Crippen LogP contribution in [-0.2, 0) is 11.5 Å². The minimum Gasteiger partial charge on any atom is -0.746 e. The van der Waals surface area contributed by atoms with Gasteiger partial charge in [-0.15, -0.1) is 3.89 Å². The Bertz CT molecular complexity index is 199. The lowest BCUT2D eigenvalue weighted by atomic mass is 10.4. The van der Waals surface area contributed by atoms with E-state index in [1.807, 2.05) is 0 Å². The zero-order chi connectivity index (χ0) is 16.6. The second kappa shape index (κ2) is 16.8. The van der Waals surface area contributed by atoms with Crippen molar-refractivity contribution >= 4 is 18.7 Å². The summed E-state index contributed by atoms with van der Waals surface area (Å²) >= 11 is -3.36. The van der Waals surface area contributed by atoms with Gasteiger partial charge in [0, 0.05) is 7.26 Å². The average Bonchev–Trinajstić information content (AvgIpc) is 2.45. The molecule has 2 nitrogen and oxygen atoms in total. The van der Waals surface area contributed by atoms with Crippen molar-refractivity contribution in [3.05, 3.63) is 0 Å². The molecule has 0 aromatic heterocycles. The Morgan fingerprint density at radius 1 is 0.762 bits per heavy atom. The third-order valence-electron chi connectivity index (χ3n) is 3.94. The number of unbranched alkanes of at least 4 members (excludes halogenated alkanes) is 4. The lowest BCUT2D eigenvalue weighted by molar-refractivity contribution is 0.493. The Hall–Kier alpha value is 0.470. The van der Waals surface area contributed by atoms with Crippen molar-refractivity contribution in [2.45, 2.75) is 79.1 Å². The van der Waals surface area contributed by atoms with Gasteiger partial charge in [-0.2, -0.15) is 0 Å². The van der Waals surface area contributed by atoms with E-state index in [-0.39, 0.29) is 0 Å². The second-order valence-corrected chi connectivity index (χ2v) is 10.7. The van der Waals surface area contributed by atoms with Gasteiger partial charge in [-0.1, -0.05) is 53.4 Å². The van der Waals surface area contributed by atoms with Crippen LogP contribution in [-0.4, -0.2) is 33.4 Å². The number of halogens is 1. The molecule has 0 aromatic rings. The first-order chi connectivity index (χ1) is 9.97. The van der Waals surface area contributed by atoms with Crippen LogP contribution in [0.3, 0.4) is 0 Å². The normalized spacial score (nSPS) is 12.7. The Balaban J connectivity index is 0. The van der Waals surface area contributed by atoms with Gasteiger partial charge < -0.3 is 4.55 Å². The molecule has 0 saturated carbocycles. The second-order valence-electron chi connectivity index (χ2n) is 5.84. The first kappa shape index (κ1) is 23.7. The summed E-state index contributed by atoms with van der Waals surface area (Å²) in [6, 6.07) is 0. The highest BCUT2D eigenvalue weighted by atomic mass is 32.2. The maximum absolute atomic E-state index is 9.92. The maximum atomic E-state index is 9.92. The summed E-state index contributed by atoms with van der Waals surface area (Å²) < 4.78 is 26.6. The number of rotatable bonds is 12. The van der Waals surface area contributed by atoms with Crippen molar-refractivity contribution in [3.63, 3.8) is 0 Å². The van der Waals surface area contributed by atoms with Crippen LogP contribution in [0.5, 0.6) is 0 Å². The molecule has 1 unspecified atom stereocenters. The van der Waals surface area contributed by atoms with Crippen molar-refractivity contribution in [1.82, 2.24) is 0 Å². The van der Waals surface area contributed by atoms with Gasteiger partial charge in [0.05, 0.1) is 24.6 Å². The summed E-state index contributed by atoms with van der Waals surface area (Å²) in [6.45, 7) is 9.42.